The predicted molar refractivity (Wildman–Crippen MR) is 270 cm³/mol. The highest BCUT2D eigenvalue weighted by molar-refractivity contribution is 7.15. The normalized spacial score (nSPS) is 16.3. The number of benzene rings is 4. The maximum atomic E-state index is 13.6. The number of fused-ring (bicyclic) bond motifs is 4. The minimum atomic E-state index is -0.555. The number of hydrogen-bond acceptors (Lipinski definition) is 11. The van der Waals surface area contributed by atoms with Gasteiger partial charge in [0.05, 0.1) is 50.9 Å². The Hall–Kier alpha value is -7.15. The summed E-state index contributed by atoms with van der Waals surface area (Å²) in [5.74, 6) is 0.395. The summed E-state index contributed by atoms with van der Waals surface area (Å²) in [5, 5.41) is 7.55. The molecule has 4 aromatic carbocycles. The van der Waals surface area contributed by atoms with E-state index in [1.807, 2.05) is 66.7 Å². The third-order valence-corrected chi connectivity index (χ3v) is 14.3. The van der Waals surface area contributed by atoms with Crippen molar-refractivity contribution in [3.63, 3.8) is 0 Å². The average Bonchev–Trinajstić information content (AvgIpc) is 4.19. The predicted octanol–water partition coefficient (Wildman–Crippen LogP) is 10.8. The number of nitrogen functional groups attached to an aromatic ring is 2. The molecule has 0 bridgehead atoms. The van der Waals surface area contributed by atoms with Crippen molar-refractivity contribution in [2.45, 2.75) is 77.2 Å². The van der Waals surface area contributed by atoms with Crippen LogP contribution in [0.4, 0.5) is 25.5 Å². The molecule has 2 fully saturated rings. The number of likely N-dealkylation sites (tertiary alicyclic amines) is 1. The van der Waals surface area contributed by atoms with E-state index in [-0.39, 0.29) is 23.8 Å². The van der Waals surface area contributed by atoms with Crippen LogP contribution in [-0.2, 0) is 17.8 Å². The number of amides is 1. The van der Waals surface area contributed by atoms with Gasteiger partial charge in [-0.2, -0.15) is 0 Å². The molecule has 69 heavy (non-hydrogen) atoms. The second-order valence-electron chi connectivity index (χ2n) is 18.6. The van der Waals surface area contributed by atoms with Gasteiger partial charge in [-0.05, 0) is 126 Å². The molecule has 2 aliphatic heterocycles. The number of ether oxygens (including phenoxy) is 1. The summed E-state index contributed by atoms with van der Waals surface area (Å²) >= 11 is 3.12. The molecule has 0 radical (unpaired) electrons. The van der Waals surface area contributed by atoms with Crippen LogP contribution in [0.25, 0.3) is 77.0 Å². The zero-order chi connectivity index (χ0) is 47.6. The summed E-state index contributed by atoms with van der Waals surface area (Å²) < 4.78 is 41.0. The summed E-state index contributed by atoms with van der Waals surface area (Å²) in [4.78, 5) is 35.3. The Morgan fingerprint density at radius 3 is 1.70 bits per heavy atom. The van der Waals surface area contributed by atoms with E-state index in [0.717, 1.165) is 109 Å². The number of halogens is 2. The van der Waals surface area contributed by atoms with Crippen LogP contribution < -0.4 is 16.8 Å². The standard InChI is InChI=1S/C28H29FN6O2S.C23H21FN6S/c1-28(2,3)37-27(36)33-12-4-5-20(33)16-35-22-15-18(8-11-21(22)31-25(35)30)24-23(17-6-9-19(29)10-7-17)32-26-34(24)13-14-38-26;24-16-6-3-14(4-7-16)20-21(29-10-11-31-23(29)28-20)15-5-8-18-19(12-15)30(22(25)27-18)13-17-2-1-9-26-17/h6-11,13-15,20H,4-5,12,16H2,1-3H3,(H2,30,31);3-8,10-12,17,26H,1-2,9,13H2,(H2,25,27). The van der Waals surface area contributed by atoms with Gasteiger partial charge in [-0.25, -0.2) is 33.5 Å². The van der Waals surface area contributed by atoms with Gasteiger partial charge in [-0.15, -0.1) is 22.7 Å². The highest BCUT2D eigenvalue weighted by atomic mass is 32.1. The lowest BCUT2D eigenvalue weighted by molar-refractivity contribution is 0.0215. The van der Waals surface area contributed by atoms with E-state index in [9.17, 15) is 13.6 Å². The van der Waals surface area contributed by atoms with Crippen LogP contribution >= 0.6 is 22.7 Å². The van der Waals surface area contributed by atoms with Crippen LogP contribution in [0.5, 0.6) is 0 Å². The Balaban J connectivity index is 0.000000154. The number of carbonyl (C=O) groups is 1. The van der Waals surface area contributed by atoms with Crippen LogP contribution in [0.15, 0.2) is 108 Å². The molecule has 12 rings (SSSR count). The number of nitrogens with one attached hydrogen (secondary N) is 1. The molecule has 2 atom stereocenters. The van der Waals surface area contributed by atoms with Crippen LogP contribution in [0.3, 0.4) is 0 Å². The lowest BCUT2D eigenvalue weighted by Crippen LogP contribution is -2.41. The Morgan fingerprint density at radius 1 is 0.696 bits per heavy atom. The van der Waals surface area contributed by atoms with Crippen molar-refractivity contribution in [2.24, 2.45) is 0 Å². The highest BCUT2D eigenvalue weighted by Crippen LogP contribution is 2.38. The first kappa shape index (κ1) is 44.4. The zero-order valence-electron chi connectivity index (χ0n) is 38.3. The zero-order valence-corrected chi connectivity index (χ0v) is 39.9. The second-order valence-corrected chi connectivity index (χ2v) is 20.3. The quantitative estimate of drug-likeness (QED) is 0.134. The third kappa shape index (κ3) is 8.57. The van der Waals surface area contributed by atoms with Crippen molar-refractivity contribution in [3.8, 4) is 45.0 Å². The number of imidazole rings is 4. The maximum Gasteiger partial charge on any atom is 0.410 e. The van der Waals surface area contributed by atoms with E-state index in [1.54, 1.807) is 51.8 Å². The minimum Gasteiger partial charge on any atom is -0.444 e. The van der Waals surface area contributed by atoms with Crippen molar-refractivity contribution < 1.29 is 18.3 Å². The fraction of sp³-hybridized carbons (Fsp3) is 0.275. The molecule has 6 aromatic heterocycles. The third-order valence-electron chi connectivity index (χ3n) is 12.8. The Morgan fingerprint density at radius 2 is 1.20 bits per heavy atom. The van der Waals surface area contributed by atoms with Crippen molar-refractivity contribution in [2.75, 3.05) is 24.6 Å². The van der Waals surface area contributed by atoms with E-state index in [2.05, 4.69) is 46.9 Å². The van der Waals surface area contributed by atoms with Crippen molar-refractivity contribution in [1.82, 2.24) is 48.1 Å². The number of carbonyl (C=O) groups excluding carboxylic acids is 1. The van der Waals surface area contributed by atoms with Gasteiger partial charge >= 0.3 is 6.09 Å². The Labute approximate surface area is 403 Å². The molecule has 14 nitrogen and oxygen atoms in total. The fourth-order valence-corrected chi connectivity index (χ4v) is 11.1. The fourth-order valence-electron chi connectivity index (χ4n) is 9.63. The van der Waals surface area contributed by atoms with E-state index in [1.165, 1.54) is 30.7 Å². The van der Waals surface area contributed by atoms with Crippen LogP contribution in [0.1, 0.15) is 46.5 Å². The average molecular weight is 965 g/mol. The molecule has 2 unspecified atom stereocenters. The first-order chi connectivity index (χ1) is 33.3. The molecule has 2 saturated heterocycles. The number of nitrogens with two attached hydrogens (primary N) is 2. The van der Waals surface area contributed by atoms with E-state index >= 15 is 0 Å². The van der Waals surface area contributed by atoms with Gasteiger partial charge < -0.3 is 35.6 Å². The molecule has 0 aliphatic carbocycles. The lowest BCUT2D eigenvalue weighted by atomic mass is 10.0. The number of aromatic nitrogens is 8. The molecular formula is C51H50F2N12O2S2. The number of anilines is 2. The largest absolute Gasteiger partial charge is 0.444 e. The monoisotopic (exact) mass is 964 g/mol. The molecule has 18 heteroatoms. The van der Waals surface area contributed by atoms with E-state index in [0.29, 0.717) is 31.0 Å². The van der Waals surface area contributed by atoms with Gasteiger partial charge in [0.1, 0.15) is 17.2 Å². The molecule has 5 N–H and O–H groups in total. The molecule has 2 aliphatic rings. The van der Waals surface area contributed by atoms with Gasteiger partial charge in [0.2, 0.25) is 11.9 Å². The topological polar surface area (TPSA) is 164 Å². The Kier molecular flexibility index (Phi) is 11.4. The smallest absolute Gasteiger partial charge is 0.410 e. The van der Waals surface area contributed by atoms with E-state index < -0.39 is 5.60 Å². The van der Waals surface area contributed by atoms with Crippen LogP contribution in [-0.4, -0.2) is 79.6 Å². The summed E-state index contributed by atoms with van der Waals surface area (Å²) in [6, 6.07) is 25.5. The molecule has 0 spiro atoms. The lowest BCUT2D eigenvalue weighted by Gasteiger charge is -2.29. The van der Waals surface area contributed by atoms with Crippen LogP contribution in [0.2, 0.25) is 0 Å². The Bertz CT molecular complexity index is 3500. The molecule has 1 amide bonds. The molecule has 8 heterocycles. The van der Waals surface area contributed by atoms with Gasteiger partial charge in [0, 0.05) is 71.1 Å². The van der Waals surface area contributed by atoms with Gasteiger partial charge in [-0.3, -0.25) is 8.80 Å². The van der Waals surface area contributed by atoms with Gasteiger partial charge in [-0.1, -0.05) is 12.1 Å². The van der Waals surface area contributed by atoms with Crippen molar-refractivity contribution >= 4 is 72.7 Å². The summed E-state index contributed by atoms with van der Waals surface area (Å²) in [7, 11) is 0. The highest BCUT2D eigenvalue weighted by Gasteiger charge is 2.33. The summed E-state index contributed by atoms with van der Waals surface area (Å²) in [6.45, 7) is 8.66. The van der Waals surface area contributed by atoms with Crippen LogP contribution in [0, 0.1) is 11.6 Å². The van der Waals surface area contributed by atoms with Gasteiger partial charge in [0.25, 0.3) is 0 Å². The van der Waals surface area contributed by atoms with Crippen molar-refractivity contribution in [3.05, 3.63) is 120 Å². The number of rotatable bonds is 8. The SMILES string of the molecule is CC(C)(C)OC(=O)N1CCCC1Cn1c(N)nc2ccc(-c3c(-c4ccc(F)cc4)nc4sccn34)cc21.Nc1nc2ccc(-c3c(-c4ccc(F)cc4)nc4sccn34)cc2n1CC1CCCN1. The maximum absolute atomic E-state index is 13.6. The first-order valence-electron chi connectivity index (χ1n) is 23.0. The van der Waals surface area contributed by atoms with Gasteiger partial charge in [0.15, 0.2) is 9.92 Å². The van der Waals surface area contributed by atoms with E-state index in [4.69, 9.17) is 26.2 Å². The molecule has 0 saturated carbocycles. The molecular weight excluding hydrogens is 915 g/mol. The minimum absolute atomic E-state index is 0.0403. The summed E-state index contributed by atoms with van der Waals surface area (Å²) in [5.41, 5.74) is 22.9. The summed E-state index contributed by atoms with van der Waals surface area (Å²) in [6.07, 6.45) is 7.82. The molecule has 352 valence electrons. The number of thiazole rings is 2. The van der Waals surface area contributed by atoms with Crippen molar-refractivity contribution in [1.29, 1.82) is 0 Å². The molecule has 10 aromatic rings. The number of nitrogens with zero attached hydrogens (tertiary/aromatic N) is 9. The number of hydrogen-bond donors (Lipinski definition) is 3. The first-order valence-corrected chi connectivity index (χ1v) is 24.8. The second kappa shape index (κ2) is 17.7.